The molecule has 0 radical (unpaired) electrons. The van der Waals surface area contributed by atoms with Crippen LogP contribution < -0.4 is 5.69 Å². The first-order chi connectivity index (χ1) is 10.7. The Hall–Kier alpha value is -2.08. The molecule has 124 valence electrons. The molecule has 2 rings (SSSR count). The molecule has 23 heavy (non-hydrogen) atoms. The van der Waals surface area contributed by atoms with Gasteiger partial charge in [0.05, 0.1) is 7.11 Å². The number of methoxy groups -OCH3 is 1. The third-order valence-electron chi connectivity index (χ3n) is 3.16. The van der Waals surface area contributed by atoms with Crippen LogP contribution >= 0.6 is 11.6 Å². The number of hydrogen-bond acceptors (Lipinski definition) is 4. The molecule has 1 heterocycles. The fourth-order valence-corrected chi connectivity index (χ4v) is 2.29. The van der Waals surface area contributed by atoms with E-state index in [1.807, 2.05) is 20.8 Å². The molecule has 0 amide bonds. The highest BCUT2D eigenvalue weighted by Gasteiger charge is 2.21. The smallest absolute Gasteiger partial charge is 0.346 e. The van der Waals surface area contributed by atoms with Crippen LogP contribution in [0.4, 0.5) is 0 Å². The Bertz CT molecular complexity index is 754. The lowest BCUT2D eigenvalue weighted by molar-refractivity contribution is -0.141. The minimum atomic E-state index is -0.518. The number of nitrogens with zero attached hydrogens (tertiary/aromatic N) is 3. The Kier molecular flexibility index (Phi) is 4.94. The summed E-state index contributed by atoms with van der Waals surface area (Å²) < 4.78 is 7.32. The molecule has 1 aromatic heterocycles. The van der Waals surface area contributed by atoms with E-state index >= 15 is 0 Å². The standard InChI is InChI=1S/C16H20ClN3O3/c1-16(2,3)10-19-14(11-5-7-12(17)8-6-11)18-20(15(19)22)9-13(21)23-4/h5-8H,9-10H2,1-4H3. The molecule has 0 N–H and O–H groups in total. The molecule has 7 heteroatoms. The minimum absolute atomic E-state index is 0.121. The summed E-state index contributed by atoms with van der Waals surface area (Å²) >= 11 is 5.91. The largest absolute Gasteiger partial charge is 0.468 e. The lowest BCUT2D eigenvalue weighted by atomic mass is 9.97. The number of rotatable bonds is 4. The second kappa shape index (κ2) is 6.58. The number of benzene rings is 1. The highest BCUT2D eigenvalue weighted by atomic mass is 35.5. The topological polar surface area (TPSA) is 66.1 Å². The van der Waals surface area contributed by atoms with E-state index in [2.05, 4.69) is 9.84 Å². The van der Waals surface area contributed by atoms with E-state index in [1.165, 1.54) is 7.11 Å². The molecule has 0 bridgehead atoms. The second-order valence-electron chi connectivity index (χ2n) is 6.49. The number of aromatic nitrogens is 3. The van der Waals surface area contributed by atoms with Gasteiger partial charge in [-0.15, -0.1) is 5.10 Å². The molecule has 0 atom stereocenters. The molecule has 0 saturated heterocycles. The van der Waals surface area contributed by atoms with Crippen LogP contribution in [0.2, 0.25) is 5.02 Å². The van der Waals surface area contributed by atoms with E-state index in [0.29, 0.717) is 17.4 Å². The zero-order valence-electron chi connectivity index (χ0n) is 13.7. The maximum atomic E-state index is 12.6. The van der Waals surface area contributed by atoms with Gasteiger partial charge in [-0.05, 0) is 29.7 Å². The highest BCUT2D eigenvalue weighted by Crippen LogP contribution is 2.22. The van der Waals surface area contributed by atoms with Crippen molar-refractivity contribution in [3.8, 4) is 11.4 Å². The van der Waals surface area contributed by atoms with Gasteiger partial charge in [0.2, 0.25) is 0 Å². The lowest BCUT2D eigenvalue weighted by Crippen LogP contribution is -2.31. The fourth-order valence-electron chi connectivity index (χ4n) is 2.16. The zero-order valence-corrected chi connectivity index (χ0v) is 14.4. The third kappa shape index (κ3) is 4.22. The molecule has 0 aliphatic rings. The van der Waals surface area contributed by atoms with Crippen molar-refractivity contribution in [1.29, 1.82) is 0 Å². The summed E-state index contributed by atoms with van der Waals surface area (Å²) in [6, 6.07) is 7.07. The molecule has 2 aromatic rings. The summed E-state index contributed by atoms with van der Waals surface area (Å²) in [6.45, 7) is 6.35. The first kappa shape index (κ1) is 17.3. The van der Waals surface area contributed by atoms with Crippen molar-refractivity contribution < 1.29 is 9.53 Å². The zero-order chi connectivity index (χ0) is 17.2. The summed E-state index contributed by atoms with van der Waals surface area (Å²) in [6.07, 6.45) is 0. The number of carbonyl (C=O) groups excluding carboxylic acids is 1. The van der Waals surface area contributed by atoms with Crippen molar-refractivity contribution in [3.05, 3.63) is 39.8 Å². The van der Waals surface area contributed by atoms with E-state index in [9.17, 15) is 9.59 Å². The van der Waals surface area contributed by atoms with E-state index in [4.69, 9.17) is 11.6 Å². The van der Waals surface area contributed by atoms with Crippen LogP contribution in [0.3, 0.4) is 0 Å². The van der Waals surface area contributed by atoms with Gasteiger partial charge in [0.15, 0.2) is 5.82 Å². The van der Waals surface area contributed by atoms with Gasteiger partial charge in [-0.25, -0.2) is 9.48 Å². The van der Waals surface area contributed by atoms with E-state index in [1.54, 1.807) is 28.8 Å². The second-order valence-corrected chi connectivity index (χ2v) is 6.93. The first-order valence-electron chi connectivity index (χ1n) is 7.21. The fraction of sp³-hybridized carbons (Fsp3) is 0.438. The van der Waals surface area contributed by atoms with Crippen molar-refractivity contribution in [1.82, 2.24) is 14.3 Å². The predicted molar refractivity (Wildman–Crippen MR) is 88.4 cm³/mol. The molecule has 0 spiro atoms. The molecule has 1 aromatic carbocycles. The Morgan fingerprint density at radius 2 is 1.87 bits per heavy atom. The first-order valence-corrected chi connectivity index (χ1v) is 7.59. The molecule has 6 nitrogen and oxygen atoms in total. The van der Waals surface area contributed by atoms with Gasteiger partial charge in [0.1, 0.15) is 6.54 Å². The quantitative estimate of drug-likeness (QED) is 0.804. The number of ether oxygens (including phenoxy) is 1. The van der Waals surface area contributed by atoms with Crippen LogP contribution in [0.1, 0.15) is 20.8 Å². The summed E-state index contributed by atoms with van der Waals surface area (Å²) in [4.78, 5) is 24.1. The van der Waals surface area contributed by atoms with Gasteiger partial charge in [-0.1, -0.05) is 32.4 Å². The number of carbonyl (C=O) groups is 1. The van der Waals surface area contributed by atoms with Crippen molar-refractivity contribution >= 4 is 17.6 Å². The van der Waals surface area contributed by atoms with Gasteiger partial charge in [-0.3, -0.25) is 9.36 Å². The SMILES string of the molecule is COC(=O)Cn1nc(-c2ccc(Cl)cc2)n(CC(C)(C)C)c1=O. The van der Waals surface area contributed by atoms with E-state index in [-0.39, 0.29) is 17.6 Å². The maximum Gasteiger partial charge on any atom is 0.346 e. The Balaban J connectivity index is 2.54. The Morgan fingerprint density at radius 3 is 2.39 bits per heavy atom. The predicted octanol–water partition coefficient (Wildman–Crippen LogP) is 2.58. The normalized spacial score (nSPS) is 11.5. The van der Waals surface area contributed by atoms with Crippen molar-refractivity contribution in [2.24, 2.45) is 5.41 Å². The summed E-state index contributed by atoms with van der Waals surface area (Å²) in [5.41, 5.74) is 0.305. The van der Waals surface area contributed by atoms with Crippen molar-refractivity contribution in [2.75, 3.05) is 7.11 Å². The van der Waals surface area contributed by atoms with Crippen LogP contribution in [-0.2, 0) is 22.6 Å². The van der Waals surface area contributed by atoms with Gasteiger partial charge in [0, 0.05) is 17.1 Å². The molecular formula is C16H20ClN3O3. The summed E-state index contributed by atoms with van der Waals surface area (Å²) in [7, 11) is 1.28. The van der Waals surface area contributed by atoms with E-state index < -0.39 is 5.97 Å². The number of halogens is 1. The number of hydrogen-bond donors (Lipinski definition) is 0. The van der Waals surface area contributed by atoms with Crippen LogP contribution in [0.25, 0.3) is 11.4 Å². The molecule has 0 unspecified atom stereocenters. The van der Waals surface area contributed by atoms with Crippen LogP contribution in [-0.4, -0.2) is 27.4 Å². The molecule has 0 saturated carbocycles. The van der Waals surface area contributed by atoms with Gasteiger partial charge in [-0.2, -0.15) is 0 Å². The van der Waals surface area contributed by atoms with E-state index in [0.717, 1.165) is 10.2 Å². The average Bonchev–Trinajstić information content (AvgIpc) is 2.75. The van der Waals surface area contributed by atoms with Gasteiger partial charge in [0.25, 0.3) is 0 Å². The molecule has 0 fully saturated rings. The highest BCUT2D eigenvalue weighted by molar-refractivity contribution is 6.30. The van der Waals surface area contributed by atoms with Gasteiger partial charge >= 0.3 is 11.7 Å². The third-order valence-corrected chi connectivity index (χ3v) is 3.42. The lowest BCUT2D eigenvalue weighted by Gasteiger charge is -2.19. The van der Waals surface area contributed by atoms with Crippen LogP contribution in [0, 0.1) is 5.41 Å². The van der Waals surface area contributed by atoms with Crippen LogP contribution in [0.15, 0.2) is 29.1 Å². The Labute approximate surface area is 139 Å². The molecular weight excluding hydrogens is 318 g/mol. The average molecular weight is 338 g/mol. The summed E-state index contributed by atoms with van der Waals surface area (Å²) in [5.74, 6) is -0.0133. The van der Waals surface area contributed by atoms with Gasteiger partial charge < -0.3 is 4.74 Å². The minimum Gasteiger partial charge on any atom is -0.468 e. The van der Waals surface area contributed by atoms with Crippen molar-refractivity contribution in [2.45, 2.75) is 33.9 Å². The monoisotopic (exact) mass is 337 g/mol. The summed E-state index contributed by atoms with van der Waals surface area (Å²) in [5, 5.41) is 4.91. The maximum absolute atomic E-state index is 12.6. The molecule has 0 aliphatic heterocycles. The Morgan fingerprint density at radius 1 is 1.26 bits per heavy atom. The number of esters is 1. The molecule has 0 aliphatic carbocycles. The van der Waals surface area contributed by atoms with Crippen molar-refractivity contribution in [3.63, 3.8) is 0 Å². The van der Waals surface area contributed by atoms with Crippen LogP contribution in [0.5, 0.6) is 0 Å².